The standard InChI is InChI=1S/C21H20N4O/c1-16-13-25(19-6-4-3-5-7-19)23-21(16)18-12-22-24(15-18)14-17-8-10-20(26-2)11-9-17/h3-13,15H,14H2,1-2H3. The molecule has 26 heavy (non-hydrogen) atoms. The minimum atomic E-state index is 0.711. The fourth-order valence-electron chi connectivity index (χ4n) is 2.95. The van der Waals surface area contributed by atoms with Crippen LogP contribution in [0.15, 0.2) is 73.2 Å². The Bertz CT molecular complexity index is 1000. The van der Waals surface area contributed by atoms with Gasteiger partial charge in [-0.3, -0.25) is 4.68 Å². The van der Waals surface area contributed by atoms with Crippen molar-refractivity contribution in [3.63, 3.8) is 0 Å². The molecule has 0 aliphatic carbocycles. The van der Waals surface area contributed by atoms with Crippen LogP contribution >= 0.6 is 0 Å². The van der Waals surface area contributed by atoms with Crippen molar-refractivity contribution in [3.05, 3.63) is 84.3 Å². The Morgan fingerprint density at radius 2 is 1.73 bits per heavy atom. The molecule has 0 N–H and O–H groups in total. The van der Waals surface area contributed by atoms with Crippen LogP contribution in [0.4, 0.5) is 0 Å². The summed E-state index contributed by atoms with van der Waals surface area (Å²) in [4.78, 5) is 0. The van der Waals surface area contributed by atoms with Crippen molar-refractivity contribution in [2.45, 2.75) is 13.5 Å². The highest BCUT2D eigenvalue weighted by Crippen LogP contribution is 2.23. The fourth-order valence-corrected chi connectivity index (χ4v) is 2.95. The van der Waals surface area contributed by atoms with Crippen LogP contribution in [0.5, 0.6) is 5.75 Å². The largest absolute Gasteiger partial charge is 0.497 e. The quantitative estimate of drug-likeness (QED) is 0.547. The summed E-state index contributed by atoms with van der Waals surface area (Å²) in [6, 6.07) is 18.1. The summed E-state index contributed by atoms with van der Waals surface area (Å²) in [6.45, 7) is 2.78. The van der Waals surface area contributed by atoms with Crippen LogP contribution in [0.2, 0.25) is 0 Å². The minimum absolute atomic E-state index is 0.711. The monoisotopic (exact) mass is 344 g/mol. The normalized spacial score (nSPS) is 10.8. The number of benzene rings is 2. The number of ether oxygens (including phenoxy) is 1. The first-order chi connectivity index (χ1) is 12.7. The molecule has 0 atom stereocenters. The molecule has 4 aromatic rings. The van der Waals surface area contributed by atoms with E-state index in [0.29, 0.717) is 6.54 Å². The number of para-hydroxylation sites is 1. The fraction of sp³-hybridized carbons (Fsp3) is 0.143. The van der Waals surface area contributed by atoms with Gasteiger partial charge >= 0.3 is 0 Å². The van der Waals surface area contributed by atoms with Gasteiger partial charge in [0.1, 0.15) is 5.75 Å². The van der Waals surface area contributed by atoms with Crippen LogP contribution in [-0.4, -0.2) is 26.7 Å². The van der Waals surface area contributed by atoms with Gasteiger partial charge in [0.15, 0.2) is 0 Å². The number of aromatic nitrogens is 4. The molecular weight excluding hydrogens is 324 g/mol. The minimum Gasteiger partial charge on any atom is -0.497 e. The number of aryl methyl sites for hydroxylation is 1. The van der Waals surface area contributed by atoms with Gasteiger partial charge in [-0.15, -0.1) is 0 Å². The van der Waals surface area contributed by atoms with Crippen LogP contribution in [0.3, 0.4) is 0 Å². The van der Waals surface area contributed by atoms with Gasteiger partial charge in [0.2, 0.25) is 0 Å². The maximum absolute atomic E-state index is 5.20. The van der Waals surface area contributed by atoms with Gasteiger partial charge in [-0.25, -0.2) is 4.68 Å². The first kappa shape index (κ1) is 16.1. The summed E-state index contributed by atoms with van der Waals surface area (Å²) in [7, 11) is 1.67. The maximum atomic E-state index is 5.20. The molecule has 0 aliphatic rings. The summed E-state index contributed by atoms with van der Waals surface area (Å²) < 4.78 is 9.04. The predicted molar refractivity (Wildman–Crippen MR) is 102 cm³/mol. The maximum Gasteiger partial charge on any atom is 0.118 e. The molecule has 2 heterocycles. The van der Waals surface area contributed by atoms with E-state index in [4.69, 9.17) is 9.84 Å². The van der Waals surface area contributed by atoms with Gasteiger partial charge in [0.05, 0.1) is 31.2 Å². The Morgan fingerprint density at radius 3 is 2.46 bits per heavy atom. The van der Waals surface area contributed by atoms with E-state index in [0.717, 1.165) is 28.3 Å². The van der Waals surface area contributed by atoms with Crippen molar-refractivity contribution in [1.29, 1.82) is 0 Å². The first-order valence-electron chi connectivity index (χ1n) is 8.50. The lowest BCUT2D eigenvalue weighted by Gasteiger charge is -2.03. The van der Waals surface area contributed by atoms with E-state index in [1.807, 2.05) is 70.4 Å². The summed E-state index contributed by atoms with van der Waals surface area (Å²) in [6.07, 6.45) is 5.95. The van der Waals surface area contributed by atoms with E-state index in [-0.39, 0.29) is 0 Å². The Labute approximate surface area is 152 Å². The van der Waals surface area contributed by atoms with E-state index >= 15 is 0 Å². The zero-order valence-electron chi connectivity index (χ0n) is 14.8. The molecule has 0 amide bonds. The van der Waals surface area contributed by atoms with E-state index in [1.54, 1.807) is 7.11 Å². The highest BCUT2D eigenvalue weighted by Gasteiger charge is 2.11. The molecule has 130 valence electrons. The lowest BCUT2D eigenvalue weighted by atomic mass is 10.2. The zero-order chi connectivity index (χ0) is 17.9. The van der Waals surface area contributed by atoms with Crippen LogP contribution in [0.1, 0.15) is 11.1 Å². The molecule has 0 aliphatic heterocycles. The van der Waals surface area contributed by atoms with Gasteiger partial charge in [-0.1, -0.05) is 30.3 Å². The summed E-state index contributed by atoms with van der Waals surface area (Å²) in [5, 5.41) is 9.23. The molecule has 0 fully saturated rings. The average molecular weight is 344 g/mol. The van der Waals surface area contributed by atoms with Gasteiger partial charge in [-0.05, 0) is 42.3 Å². The lowest BCUT2D eigenvalue weighted by molar-refractivity contribution is 0.414. The third-order valence-corrected chi connectivity index (χ3v) is 4.33. The topological polar surface area (TPSA) is 44.9 Å². The molecule has 0 spiro atoms. The van der Waals surface area contributed by atoms with Crippen molar-refractivity contribution >= 4 is 0 Å². The Hall–Kier alpha value is -3.34. The molecule has 5 heteroatoms. The van der Waals surface area contributed by atoms with Crippen molar-refractivity contribution in [2.75, 3.05) is 7.11 Å². The molecule has 0 unspecified atom stereocenters. The smallest absolute Gasteiger partial charge is 0.118 e. The average Bonchev–Trinajstić information content (AvgIpc) is 3.29. The highest BCUT2D eigenvalue weighted by molar-refractivity contribution is 5.61. The first-order valence-corrected chi connectivity index (χ1v) is 8.50. The molecule has 4 rings (SSSR count). The van der Waals surface area contributed by atoms with Gasteiger partial charge in [0.25, 0.3) is 0 Å². The Kier molecular flexibility index (Phi) is 4.27. The number of methoxy groups -OCH3 is 1. The van der Waals surface area contributed by atoms with Crippen molar-refractivity contribution in [1.82, 2.24) is 19.6 Å². The number of hydrogen-bond acceptors (Lipinski definition) is 3. The molecule has 0 bridgehead atoms. The van der Waals surface area contributed by atoms with Crippen molar-refractivity contribution in [2.24, 2.45) is 0 Å². The van der Waals surface area contributed by atoms with E-state index < -0.39 is 0 Å². The molecule has 0 saturated carbocycles. The van der Waals surface area contributed by atoms with Crippen LogP contribution in [0, 0.1) is 6.92 Å². The lowest BCUT2D eigenvalue weighted by Crippen LogP contribution is -1.99. The van der Waals surface area contributed by atoms with Crippen molar-refractivity contribution < 1.29 is 4.74 Å². The Balaban J connectivity index is 1.57. The second-order valence-electron chi connectivity index (χ2n) is 6.22. The predicted octanol–water partition coefficient (Wildman–Crippen LogP) is 4.10. The van der Waals surface area contributed by atoms with Crippen LogP contribution in [0.25, 0.3) is 16.9 Å². The molecule has 2 aromatic heterocycles. The molecular formula is C21H20N4O. The van der Waals surface area contributed by atoms with Gasteiger partial charge < -0.3 is 4.74 Å². The zero-order valence-corrected chi connectivity index (χ0v) is 14.8. The second kappa shape index (κ2) is 6.88. The highest BCUT2D eigenvalue weighted by atomic mass is 16.5. The van der Waals surface area contributed by atoms with E-state index in [9.17, 15) is 0 Å². The SMILES string of the molecule is COc1ccc(Cn2cc(-c3nn(-c4ccccc4)cc3C)cn2)cc1. The third kappa shape index (κ3) is 3.24. The van der Waals surface area contributed by atoms with E-state index in [1.165, 1.54) is 5.56 Å². The van der Waals surface area contributed by atoms with Gasteiger partial charge in [-0.2, -0.15) is 10.2 Å². The number of nitrogens with zero attached hydrogens (tertiary/aromatic N) is 4. The molecule has 2 aromatic carbocycles. The summed E-state index contributed by atoms with van der Waals surface area (Å²) in [5.41, 5.74) is 5.32. The van der Waals surface area contributed by atoms with Gasteiger partial charge in [0, 0.05) is 18.0 Å². The van der Waals surface area contributed by atoms with E-state index in [2.05, 4.69) is 24.2 Å². The van der Waals surface area contributed by atoms with Crippen molar-refractivity contribution in [3.8, 4) is 22.7 Å². The second-order valence-corrected chi connectivity index (χ2v) is 6.22. The summed E-state index contributed by atoms with van der Waals surface area (Å²) in [5.74, 6) is 0.858. The molecule has 0 radical (unpaired) electrons. The Morgan fingerprint density at radius 1 is 0.962 bits per heavy atom. The summed E-state index contributed by atoms with van der Waals surface area (Å²) >= 11 is 0. The third-order valence-electron chi connectivity index (χ3n) is 4.33. The number of rotatable bonds is 5. The molecule has 0 saturated heterocycles. The van der Waals surface area contributed by atoms with Crippen LogP contribution in [-0.2, 0) is 6.54 Å². The number of hydrogen-bond donors (Lipinski definition) is 0. The molecule has 5 nitrogen and oxygen atoms in total. The van der Waals surface area contributed by atoms with Crippen LogP contribution < -0.4 is 4.74 Å².